The molecule has 2 N–H and O–H groups in total. The highest BCUT2D eigenvalue weighted by molar-refractivity contribution is 5.53. The molecule has 0 saturated carbocycles. The Labute approximate surface area is 94.4 Å². The average molecular weight is 234 g/mol. The lowest BCUT2D eigenvalue weighted by Crippen LogP contribution is -2.06. The molecule has 2 fully saturated rings. The summed E-state index contributed by atoms with van der Waals surface area (Å²) in [6.07, 6.45) is 0.701. The van der Waals surface area contributed by atoms with Gasteiger partial charge in [0.2, 0.25) is 0 Å². The minimum atomic E-state index is -1.83. The quantitative estimate of drug-likeness (QED) is 0.561. The molecule has 0 spiro atoms. The van der Waals surface area contributed by atoms with Crippen molar-refractivity contribution in [2.24, 2.45) is 0 Å². The van der Waals surface area contributed by atoms with E-state index >= 15 is 0 Å². The minimum Gasteiger partial charge on any atom is -0.450 e. The van der Waals surface area contributed by atoms with E-state index in [1.165, 1.54) is 0 Å². The number of allylic oxidation sites excluding steroid dienone is 1. The van der Waals surface area contributed by atoms with Crippen LogP contribution in [0.4, 0.5) is 4.79 Å². The molecule has 6 nitrogen and oxygen atoms in total. The third-order valence-corrected chi connectivity index (χ3v) is 1.41. The van der Waals surface area contributed by atoms with Gasteiger partial charge < -0.3 is 24.4 Å². The summed E-state index contributed by atoms with van der Waals surface area (Å²) < 4.78 is 15.1. The van der Waals surface area contributed by atoms with Crippen molar-refractivity contribution in [2.75, 3.05) is 26.4 Å². The Morgan fingerprint density at radius 3 is 1.81 bits per heavy atom. The Morgan fingerprint density at radius 1 is 1.38 bits per heavy atom. The lowest BCUT2D eigenvalue weighted by Gasteiger charge is -1.95. The lowest BCUT2D eigenvalue weighted by molar-refractivity contribution is 0.102. The Kier molecular flexibility index (Phi) is 8.51. The fourth-order valence-corrected chi connectivity index (χ4v) is 0.659. The molecule has 16 heavy (non-hydrogen) atoms. The second-order valence-electron chi connectivity index (χ2n) is 3.14. The van der Waals surface area contributed by atoms with Crippen LogP contribution in [0.15, 0.2) is 12.7 Å². The molecule has 0 bridgehead atoms. The van der Waals surface area contributed by atoms with Gasteiger partial charge in [0, 0.05) is 0 Å². The van der Waals surface area contributed by atoms with E-state index in [0.29, 0.717) is 12.2 Å². The van der Waals surface area contributed by atoms with Crippen molar-refractivity contribution < 1.29 is 29.2 Å². The first kappa shape index (κ1) is 14.9. The average Bonchev–Trinajstić information content (AvgIpc) is 2.98. The Hall–Kier alpha value is -1.11. The number of hydrogen-bond donors (Lipinski definition) is 2. The normalized spacial score (nSPS) is 24.1. The molecule has 6 heteroatoms. The number of carbonyl (C=O) groups is 1. The van der Waals surface area contributed by atoms with Crippen LogP contribution in [0.3, 0.4) is 0 Å². The molecule has 2 aliphatic rings. The van der Waals surface area contributed by atoms with Crippen LogP contribution in [-0.2, 0) is 14.2 Å². The van der Waals surface area contributed by atoms with E-state index < -0.39 is 6.16 Å². The summed E-state index contributed by atoms with van der Waals surface area (Å²) in [6.45, 7) is 8.51. The van der Waals surface area contributed by atoms with Crippen LogP contribution in [-0.4, -0.2) is 55.0 Å². The molecule has 94 valence electrons. The molecule has 2 aliphatic heterocycles. The molecule has 0 amide bonds. The van der Waals surface area contributed by atoms with E-state index in [4.69, 9.17) is 29.2 Å². The van der Waals surface area contributed by atoms with Crippen LogP contribution < -0.4 is 0 Å². The number of rotatable bonds is 4. The van der Waals surface area contributed by atoms with Gasteiger partial charge in [-0.05, 0) is 6.92 Å². The second kappa shape index (κ2) is 9.14. The van der Waals surface area contributed by atoms with E-state index in [1.807, 2.05) is 6.92 Å². The van der Waals surface area contributed by atoms with Crippen LogP contribution in [0, 0.1) is 0 Å². The van der Waals surface area contributed by atoms with Crippen molar-refractivity contribution in [1.29, 1.82) is 0 Å². The van der Waals surface area contributed by atoms with Crippen molar-refractivity contribution in [3.8, 4) is 0 Å². The summed E-state index contributed by atoms with van der Waals surface area (Å²) in [5.74, 6) is 0. The maximum Gasteiger partial charge on any atom is 0.503 e. The van der Waals surface area contributed by atoms with Crippen LogP contribution in [0.2, 0.25) is 0 Å². The second-order valence-corrected chi connectivity index (χ2v) is 3.14. The van der Waals surface area contributed by atoms with Gasteiger partial charge in [-0.1, -0.05) is 6.08 Å². The zero-order valence-electron chi connectivity index (χ0n) is 9.30. The van der Waals surface area contributed by atoms with E-state index in [9.17, 15) is 0 Å². The van der Waals surface area contributed by atoms with Gasteiger partial charge in [0.25, 0.3) is 0 Å². The summed E-state index contributed by atoms with van der Waals surface area (Å²) in [5.41, 5.74) is 0. The largest absolute Gasteiger partial charge is 0.503 e. The molecule has 2 heterocycles. The molecule has 0 aromatic rings. The zero-order valence-corrected chi connectivity index (χ0v) is 9.30. The van der Waals surface area contributed by atoms with Crippen molar-refractivity contribution in [3.63, 3.8) is 0 Å². The first-order chi connectivity index (χ1) is 7.60. The van der Waals surface area contributed by atoms with Gasteiger partial charge in [-0.2, -0.15) is 0 Å². The molecule has 2 saturated heterocycles. The zero-order chi connectivity index (χ0) is 12.4. The Bertz CT molecular complexity index is 181. The lowest BCUT2D eigenvalue weighted by atomic mass is 10.5. The monoisotopic (exact) mass is 234 g/mol. The molecule has 0 aromatic carbocycles. The molecule has 0 radical (unpaired) electrons. The van der Waals surface area contributed by atoms with Crippen LogP contribution >= 0.6 is 0 Å². The van der Waals surface area contributed by atoms with E-state index in [-0.39, 0.29) is 0 Å². The van der Waals surface area contributed by atoms with E-state index in [0.717, 1.165) is 26.4 Å². The van der Waals surface area contributed by atoms with Gasteiger partial charge in [-0.3, -0.25) is 0 Å². The van der Waals surface area contributed by atoms with Crippen molar-refractivity contribution >= 4 is 6.16 Å². The third kappa shape index (κ3) is 15.4. The fraction of sp³-hybridized carbons (Fsp3) is 0.700. The SMILES string of the molecule is C(OCC1CO1)C1CO1.C=CC.O=C(O)O. The third-order valence-electron chi connectivity index (χ3n) is 1.41. The van der Waals surface area contributed by atoms with Crippen molar-refractivity contribution in [3.05, 3.63) is 12.7 Å². The molecular formula is C10H18O6. The predicted molar refractivity (Wildman–Crippen MR) is 56.8 cm³/mol. The molecule has 0 aliphatic carbocycles. The van der Waals surface area contributed by atoms with Gasteiger partial charge >= 0.3 is 6.16 Å². The number of hydrogen-bond acceptors (Lipinski definition) is 4. The molecule has 2 rings (SSSR count). The number of carboxylic acid groups (broad SMARTS) is 2. The Morgan fingerprint density at radius 2 is 1.62 bits per heavy atom. The first-order valence-corrected chi connectivity index (χ1v) is 4.90. The molecule has 2 unspecified atom stereocenters. The standard InChI is InChI=1S/C6H10O3.C3H6.CH2O3/c1(5-3-8-5)7-2-6-4-9-6;1-3-2;2-1(3)4/h5-6H,1-4H2;3H,1H2,2H3;(H2,2,3,4). The minimum absolute atomic E-state index is 0.392. The first-order valence-electron chi connectivity index (χ1n) is 4.90. The summed E-state index contributed by atoms with van der Waals surface area (Å²) >= 11 is 0. The van der Waals surface area contributed by atoms with E-state index in [1.54, 1.807) is 6.08 Å². The predicted octanol–water partition coefficient (Wildman–Crippen LogP) is 1.22. The molecular weight excluding hydrogens is 216 g/mol. The molecule has 0 aromatic heterocycles. The number of epoxide rings is 2. The number of ether oxygens (including phenoxy) is 3. The summed E-state index contributed by atoms with van der Waals surface area (Å²) in [7, 11) is 0. The highest BCUT2D eigenvalue weighted by Gasteiger charge is 2.26. The van der Waals surface area contributed by atoms with Gasteiger partial charge in [0.15, 0.2) is 0 Å². The van der Waals surface area contributed by atoms with E-state index in [2.05, 4.69) is 6.58 Å². The van der Waals surface area contributed by atoms with Gasteiger partial charge in [-0.25, -0.2) is 4.79 Å². The van der Waals surface area contributed by atoms with Gasteiger partial charge in [0.1, 0.15) is 12.2 Å². The highest BCUT2D eigenvalue weighted by atomic mass is 16.6. The maximum absolute atomic E-state index is 8.56. The van der Waals surface area contributed by atoms with Crippen LogP contribution in [0.5, 0.6) is 0 Å². The van der Waals surface area contributed by atoms with Crippen LogP contribution in [0.25, 0.3) is 0 Å². The highest BCUT2D eigenvalue weighted by Crippen LogP contribution is 2.12. The summed E-state index contributed by atoms with van der Waals surface area (Å²) in [6, 6.07) is 0. The summed E-state index contributed by atoms with van der Waals surface area (Å²) in [5, 5.41) is 13.9. The van der Waals surface area contributed by atoms with Gasteiger partial charge in [0.05, 0.1) is 26.4 Å². The fourth-order valence-electron chi connectivity index (χ4n) is 0.659. The molecule has 2 atom stereocenters. The maximum atomic E-state index is 8.56. The van der Waals surface area contributed by atoms with Crippen molar-refractivity contribution in [2.45, 2.75) is 19.1 Å². The van der Waals surface area contributed by atoms with Crippen molar-refractivity contribution in [1.82, 2.24) is 0 Å². The Balaban J connectivity index is 0.000000275. The summed E-state index contributed by atoms with van der Waals surface area (Å²) in [4.78, 5) is 8.56. The van der Waals surface area contributed by atoms with Crippen LogP contribution in [0.1, 0.15) is 6.92 Å². The topological polar surface area (TPSA) is 91.8 Å². The van der Waals surface area contributed by atoms with Gasteiger partial charge in [-0.15, -0.1) is 6.58 Å². The smallest absolute Gasteiger partial charge is 0.450 e.